The predicted molar refractivity (Wildman–Crippen MR) is 119 cm³/mol. The van der Waals surface area contributed by atoms with E-state index in [0.29, 0.717) is 0 Å². The Balaban J connectivity index is 2.12. The van der Waals surface area contributed by atoms with Crippen molar-refractivity contribution in [2.45, 2.75) is 111 Å². The van der Waals surface area contributed by atoms with E-state index in [2.05, 4.69) is 26.0 Å². The molecule has 28 heavy (non-hydrogen) atoms. The summed E-state index contributed by atoms with van der Waals surface area (Å²) in [5.74, 6) is 1.96. The summed E-state index contributed by atoms with van der Waals surface area (Å²) in [7, 11) is 0. The van der Waals surface area contributed by atoms with Gasteiger partial charge in [-0.15, -0.1) is 0 Å². The minimum absolute atomic E-state index is 0.134. The fourth-order valence-electron chi connectivity index (χ4n) is 4.17. The Labute approximate surface area is 172 Å². The van der Waals surface area contributed by atoms with Crippen LogP contribution in [0.1, 0.15) is 109 Å². The normalized spacial score (nSPS) is 13.4. The van der Waals surface area contributed by atoms with Gasteiger partial charge in [0.2, 0.25) is 0 Å². The molecule has 2 heteroatoms. The topological polar surface area (TPSA) is 26.3 Å². The van der Waals surface area contributed by atoms with Crippen LogP contribution < -0.4 is 4.74 Å². The average Bonchev–Trinajstić information content (AvgIpc) is 2.67. The molecule has 0 aliphatic carbocycles. The van der Waals surface area contributed by atoms with Gasteiger partial charge in [-0.1, -0.05) is 77.3 Å². The molecule has 1 aliphatic heterocycles. The van der Waals surface area contributed by atoms with E-state index in [0.717, 1.165) is 36.3 Å². The zero-order chi connectivity index (χ0) is 20.4. The summed E-state index contributed by atoms with van der Waals surface area (Å²) in [6.07, 6.45) is 15.9. The number of aryl methyl sites for hydroxylation is 2. The molecule has 1 aromatic carbocycles. The Morgan fingerprint density at radius 3 is 2.11 bits per heavy atom. The van der Waals surface area contributed by atoms with Gasteiger partial charge in [0.25, 0.3) is 0 Å². The third kappa shape index (κ3) is 6.79. The van der Waals surface area contributed by atoms with E-state index in [4.69, 9.17) is 4.74 Å². The molecule has 0 fully saturated rings. The van der Waals surface area contributed by atoms with Crippen molar-refractivity contribution in [3.63, 3.8) is 0 Å². The number of carbonyl (C=O) groups is 1. The van der Waals surface area contributed by atoms with Gasteiger partial charge in [0, 0.05) is 12.0 Å². The van der Waals surface area contributed by atoms with E-state index >= 15 is 0 Å². The van der Waals surface area contributed by atoms with Crippen molar-refractivity contribution in [3.05, 3.63) is 40.2 Å². The lowest BCUT2D eigenvalue weighted by Crippen LogP contribution is -2.15. The third-order valence-electron chi connectivity index (χ3n) is 5.89. The van der Waals surface area contributed by atoms with Gasteiger partial charge in [0.1, 0.15) is 11.5 Å². The van der Waals surface area contributed by atoms with E-state index in [-0.39, 0.29) is 5.78 Å². The maximum Gasteiger partial charge on any atom is 0.159 e. The van der Waals surface area contributed by atoms with Crippen molar-refractivity contribution < 1.29 is 9.53 Å². The lowest BCUT2D eigenvalue weighted by Gasteiger charge is -2.24. The first-order valence-electron chi connectivity index (χ1n) is 11.6. The third-order valence-corrected chi connectivity index (χ3v) is 5.89. The number of Topliss-reactive ketones (excluding diaryl/α,β-unsaturated/α-hetero) is 1. The molecule has 0 spiro atoms. The highest BCUT2D eigenvalue weighted by molar-refractivity contribution is 5.94. The summed E-state index contributed by atoms with van der Waals surface area (Å²) in [5, 5.41) is 0. The van der Waals surface area contributed by atoms with Gasteiger partial charge < -0.3 is 4.74 Å². The molecular formula is C26H40O2. The summed E-state index contributed by atoms with van der Waals surface area (Å²) >= 11 is 0. The lowest BCUT2D eigenvalue weighted by atomic mass is 9.91. The number of ketones is 1. The molecule has 0 saturated carbocycles. The molecule has 1 aliphatic rings. The molecule has 0 aromatic heterocycles. The van der Waals surface area contributed by atoms with Crippen LogP contribution in [0.25, 0.3) is 0 Å². The zero-order valence-corrected chi connectivity index (χ0v) is 18.7. The lowest BCUT2D eigenvalue weighted by molar-refractivity contribution is -0.113. The smallest absolute Gasteiger partial charge is 0.159 e. The number of fused-ring (bicyclic) bond motifs is 1. The molecule has 2 rings (SSSR count). The van der Waals surface area contributed by atoms with Gasteiger partial charge in [0.05, 0.1) is 0 Å². The van der Waals surface area contributed by atoms with Crippen molar-refractivity contribution in [3.8, 4) is 5.75 Å². The largest absolute Gasteiger partial charge is 0.461 e. The van der Waals surface area contributed by atoms with E-state index in [9.17, 15) is 4.79 Å². The summed E-state index contributed by atoms with van der Waals surface area (Å²) in [6, 6.07) is 4.68. The molecule has 156 valence electrons. The molecular weight excluding hydrogens is 344 g/mol. The minimum Gasteiger partial charge on any atom is -0.461 e. The van der Waals surface area contributed by atoms with E-state index < -0.39 is 0 Å². The van der Waals surface area contributed by atoms with Crippen LogP contribution >= 0.6 is 0 Å². The SMILES string of the molecule is CCCCCCCc1cc(CCCCCCC)c2c(c1)CC(C(C)=O)=C(C)O2. The number of ether oxygens (including phenoxy) is 1. The molecule has 2 nitrogen and oxygen atoms in total. The molecule has 1 aromatic rings. The molecule has 0 amide bonds. The van der Waals surface area contributed by atoms with Gasteiger partial charge in [-0.3, -0.25) is 4.79 Å². The Kier molecular flexibility index (Phi) is 9.81. The fourth-order valence-corrected chi connectivity index (χ4v) is 4.17. The number of carbonyl (C=O) groups excluding carboxylic acids is 1. The summed E-state index contributed by atoms with van der Waals surface area (Å²) < 4.78 is 6.19. The Morgan fingerprint density at radius 2 is 1.50 bits per heavy atom. The van der Waals surface area contributed by atoms with Gasteiger partial charge in [0.15, 0.2) is 5.78 Å². The summed E-state index contributed by atoms with van der Waals surface area (Å²) in [6.45, 7) is 8.11. The highest BCUT2D eigenvalue weighted by atomic mass is 16.5. The van der Waals surface area contributed by atoms with Crippen LogP contribution in [0.5, 0.6) is 5.75 Å². The molecule has 0 radical (unpaired) electrons. The number of hydrogen-bond donors (Lipinski definition) is 0. The quantitative estimate of drug-likeness (QED) is 0.329. The second-order valence-corrected chi connectivity index (χ2v) is 8.44. The monoisotopic (exact) mass is 384 g/mol. The van der Waals surface area contributed by atoms with Gasteiger partial charge in [-0.2, -0.15) is 0 Å². The molecule has 0 N–H and O–H groups in total. The van der Waals surface area contributed by atoms with E-state index in [1.807, 2.05) is 6.92 Å². The number of hydrogen-bond acceptors (Lipinski definition) is 2. The minimum atomic E-state index is 0.134. The van der Waals surface area contributed by atoms with Crippen LogP contribution in [0.15, 0.2) is 23.5 Å². The van der Waals surface area contributed by atoms with Crippen LogP contribution in [0.2, 0.25) is 0 Å². The van der Waals surface area contributed by atoms with Crippen molar-refractivity contribution in [1.29, 1.82) is 0 Å². The Morgan fingerprint density at radius 1 is 0.893 bits per heavy atom. The Hall–Kier alpha value is -1.57. The van der Waals surface area contributed by atoms with Gasteiger partial charge in [-0.25, -0.2) is 0 Å². The first kappa shape index (κ1) is 22.7. The molecule has 0 unspecified atom stereocenters. The van der Waals surface area contributed by atoms with E-state index in [1.165, 1.54) is 80.9 Å². The van der Waals surface area contributed by atoms with Gasteiger partial charge >= 0.3 is 0 Å². The van der Waals surface area contributed by atoms with Crippen LogP contribution in [0, 0.1) is 0 Å². The molecule has 0 saturated heterocycles. The number of benzene rings is 1. The molecule has 1 heterocycles. The average molecular weight is 385 g/mol. The first-order chi connectivity index (χ1) is 13.6. The standard InChI is InChI=1S/C26H40O2/c1-5-7-9-11-13-15-22-17-23(16-14-12-10-8-6-2)26-24(18-22)19-25(20(3)27)21(4)28-26/h17-18H,5-16,19H2,1-4H3. The predicted octanol–water partition coefficient (Wildman–Crippen LogP) is 7.51. The van der Waals surface area contributed by atoms with Crippen molar-refractivity contribution in [1.82, 2.24) is 0 Å². The first-order valence-corrected chi connectivity index (χ1v) is 11.6. The summed E-state index contributed by atoms with van der Waals surface area (Å²) in [4.78, 5) is 12.0. The maximum atomic E-state index is 12.0. The Bertz CT molecular complexity index is 669. The van der Waals surface area contributed by atoms with Crippen LogP contribution in [-0.4, -0.2) is 5.78 Å². The van der Waals surface area contributed by atoms with Crippen molar-refractivity contribution in [2.75, 3.05) is 0 Å². The number of rotatable bonds is 13. The fraction of sp³-hybridized carbons (Fsp3) is 0.654. The highest BCUT2D eigenvalue weighted by Crippen LogP contribution is 2.36. The van der Waals surface area contributed by atoms with Crippen LogP contribution in [0.4, 0.5) is 0 Å². The summed E-state index contributed by atoms with van der Waals surface area (Å²) in [5.41, 5.74) is 4.82. The van der Waals surface area contributed by atoms with Crippen LogP contribution in [-0.2, 0) is 24.1 Å². The second kappa shape index (κ2) is 12.1. The van der Waals surface area contributed by atoms with Gasteiger partial charge in [-0.05, 0) is 56.2 Å². The van der Waals surface area contributed by atoms with Crippen molar-refractivity contribution in [2.24, 2.45) is 0 Å². The van der Waals surface area contributed by atoms with Crippen molar-refractivity contribution >= 4 is 5.78 Å². The second-order valence-electron chi connectivity index (χ2n) is 8.44. The maximum absolute atomic E-state index is 12.0. The highest BCUT2D eigenvalue weighted by Gasteiger charge is 2.23. The van der Waals surface area contributed by atoms with E-state index in [1.54, 1.807) is 6.92 Å². The molecule has 0 bridgehead atoms. The zero-order valence-electron chi connectivity index (χ0n) is 18.7. The van der Waals surface area contributed by atoms with Crippen LogP contribution in [0.3, 0.4) is 0 Å². The number of allylic oxidation sites excluding steroid dienone is 2. The molecule has 0 atom stereocenters. The number of unbranched alkanes of at least 4 members (excludes halogenated alkanes) is 8.